The predicted molar refractivity (Wildman–Crippen MR) is 57.7 cm³/mol. The summed E-state index contributed by atoms with van der Waals surface area (Å²) in [6.45, 7) is 2.01. The summed E-state index contributed by atoms with van der Waals surface area (Å²) >= 11 is 8.81. The molecular formula is C10H11BrClF. The van der Waals surface area contributed by atoms with Crippen molar-refractivity contribution in [2.24, 2.45) is 5.92 Å². The minimum atomic E-state index is -0.167. The molecular weight excluding hydrogens is 254 g/mol. The quantitative estimate of drug-likeness (QED) is 0.725. The molecule has 0 spiro atoms. The molecule has 3 heteroatoms. The lowest BCUT2D eigenvalue weighted by molar-refractivity contribution is 0.572. The van der Waals surface area contributed by atoms with Gasteiger partial charge in [0.25, 0.3) is 0 Å². The van der Waals surface area contributed by atoms with Gasteiger partial charge in [-0.1, -0.05) is 19.1 Å². The predicted octanol–water partition coefficient (Wildman–Crippen LogP) is 4.01. The van der Waals surface area contributed by atoms with Crippen molar-refractivity contribution in [2.45, 2.75) is 13.3 Å². The fourth-order valence-electron chi connectivity index (χ4n) is 1.14. The van der Waals surface area contributed by atoms with E-state index in [1.54, 1.807) is 12.1 Å². The van der Waals surface area contributed by atoms with Crippen molar-refractivity contribution in [3.63, 3.8) is 0 Å². The molecule has 0 aliphatic heterocycles. The Kier molecular flexibility index (Phi) is 4.20. The molecule has 1 rings (SSSR count). The number of halogens is 3. The van der Waals surface area contributed by atoms with Crippen LogP contribution in [0.5, 0.6) is 0 Å². The van der Waals surface area contributed by atoms with Gasteiger partial charge in [0.15, 0.2) is 0 Å². The van der Waals surface area contributed by atoms with E-state index in [0.717, 1.165) is 5.56 Å². The number of hydrogen-bond acceptors (Lipinski definition) is 0. The minimum Gasteiger partial charge on any atom is -0.205 e. The summed E-state index contributed by atoms with van der Waals surface area (Å²) in [5.74, 6) is 0.705. The largest absolute Gasteiger partial charge is 0.205 e. The summed E-state index contributed by atoms with van der Waals surface area (Å²) in [7, 11) is 0. The van der Waals surface area contributed by atoms with Crippen LogP contribution in [-0.4, -0.2) is 5.88 Å². The van der Waals surface area contributed by atoms with Crippen molar-refractivity contribution in [3.05, 3.63) is 34.1 Å². The zero-order valence-electron chi connectivity index (χ0n) is 7.36. The van der Waals surface area contributed by atoms with Crippen LogP contribution in [0.4, 0.5) is 4.39 Å². The van der Waals surface area contributed by atoms with E-state index in [4.69, 9.17) is 11.6 Å². The second-order valence-corrected chi connectivity index (χ2v) is 4.34. The normalized spacial score (nSPS) is 12.9. The zero-order valence-corrected chi connectivity index (χ0v) is 9.70. The lowest BCUT2D eigenvalue weighted by Crippen LogP contribution is -2.03. The maximum atomic E-state index is 13.4. The highest BCUT2D eigenvalue weighted by Gasteiger charge is 2.08. The first-order valence-electron chi connectivity index (χ1n) is 4.14. The number of hydrogen-bond donors (Lipinski definition) is 0. The van der Waals surface area contributed by atoms with Crippen molar-refractivity contribution >= 4 is 27.5 Å². The summed E-state index contributed by atoms with van der Waals surface area (Å²) in [4.78, 5) is 0. The lowest BCUT2D eigenvalue weighted by atomic mass is 10.0. The van der Waals surface area contributed by atoms with Gasteiger partial charge >= 0.3 is 0 Å². The van der Waals surface area contributed by atoms with Crippen molar-refractivity contribution in [2.75, 3.05) is 5.88 Å². The van der Waals surface area contributed by atoms with Crippen molar-refractivity contribution in [1.82, 2.24) is 0 Å². The third-order valence-corrected chi connectivity index (χ3v) is 3.00. The van der Waals surface area contributed by atoms with Crippen LogP contribution in [0, 0.1) is 11.7 Å². The minimum absolute atomic E-state index is 0.167. The van der Waals surface area contributed by atoms with E-state index in [2.05, 4.69) is 15.9 Å². The van der Waals surface area contributed by atoms with Gasteiger partial charge in [0.05, 0.1) is 4.47 Å². The van der Waals surface area contributed by atoms with Gasteiger partial charge in [-0.05, 0) is 39.9 Å². The van der Waals surface area contributed by atoms with E-state index in [0.29, 0.717) is 22.7 Å². The van der Waals surface area contributed by atoms with Gasteiger partial charge in [-0.3, -0.25) is 0 Å². The van der Waals surface area contributed by atoms with Crippen LogP contribution in [-0.2, 0) is 6.42 Å². The van der Waals surface area contributed by atoms with Gasteiger partial charge < -0.3 is 0 Å². The molecule has 13 heavy (non-hydrogen) atoms. The second kappa shape index (κ2) is 4.97. The maximum Gasteiger partial charge on any atom is 0.140 e. The number of alkyl halides is 1. The Morgan fingerprint density at radius 2 is 2.23 bits per heavy atom. The fraction of sp³-hybridized carbons (Fsp3) is 0.400. The molecule has 0 bridgehead atoms. The first-order valence-corrected chi connectivity index (χ1v) is 5.46. The summed E-state index contributed by atoms with van der Waals surface area (Å²) in [6, 6.07) is 5.33. The Balaban J connectivity index is 2.83. The van der Waals surface area contributed by atoms with Gasteiger partial charge in [0, 0.05) is 5.88 Å². The molecule has 0 nitrogen and oxygen atoms in total. The Labute approximate surface area is 91.2 Å². The first-order chi connectivity index (χ1) is 6.15. The van der Waals surface area contributed by atoms with Gasteiger partial charge in [0.2, 0.25) is 0 Å². The second-order valence-electron chi connectivity index (χ2n) is 3.18. The summed E-state index contributed by atoms with van der Waals surface area (Å²) in [5.41, 5.74) is 0.725. The third kappa shape index (κ3) is 2.96. The molecule has 1 aromatic carbocycles. The lowest BCUT2D eigenvalue weighted by Gasteiger charge is -2.08. The maximum absolute atomic E-state index is 13.4. The van der Waals surface area contributed by atoms with Crippen LogP contribution in [0.3, 0.4) is 0 Å². The average molecular weight is 266 g/mol. The standard InChI is InChI=1S/C10H11BrClF/c1-7(6-12)5-8-3-2-4-9(11)10(8)13/h2-4,7H,5-6H2,1H3. The monoisotopic (exact) mass is 264 g/mol. The molecule has 0 fully saturated rings. The third-order valence-electron chi connectivity index (χ3n) is 1.86. The van der Waals surface area contributed by atoms with Crippen molar-refractivity contribution in [3.8, 4) is 0 Å². The van der Waals surface area contributed by atoms with Crippen molar-refractivity contribution in [1.29, 1.82) is 0 Å². The molecule has 0 heterocycles. The molecule has 0 aromatic heterocycles. The zero-order chi connectivity index (χ0) is 9.84. The summed E-state index contributed by atoms with van der Waals surface area (Å²) < 4.78 is 13.9. The highest BCUT2D eigenvalue weighted by atomic mass is 79.9. The van der Waals surface area contributed by atoms with Gasteiger partial charge in [-0.15, -0.1) is 11.6 Å². The van der Waals surface area contributed by atoms with Gasteiger partial charge in [-0.2, -0.15) is 0 Å². The average Bonchev–Trinajstić information content (AvgIpc) is 2.13. The molecule has 1 atom stereocenters. The van der Waals surface area contributed by atoms with Gasteiger partial charge in [-0.25, -0.2) is 4.39 Å². The van der Waals surface area contributed by atoms with Crippen molar-refractivity contribution < 1.29 is 4.39 Å². The van der Waals surface area contributed by atoms with E-state index in [9.17, 15) is 4.39 Å². The summed E-state index contributed by atoms with van der Waals surface area (Å²) in [6.07, 6.45) is 0.689. The number of rotatable bonds is 3. The molecule has 0 saturated heterocycles. The molecule has 1 aromatic rings. The molecule has 0 amide bonds. The fourth-order valence-corrected chi connectivity index (χ4v) is 1.65. The SMILES string of the molecule is CC(CCl)Cc1cccc(Br)c1F. The topological polar surface area (TPSA) is 0 Å². The molecule has 72 valence electrons. The van der Waals surface area contributed by atoms with Crippen LogP contribution >= 0.6 is 27.5 Å². The molecule has 0 N–H and O–H groups in total. The Morgan fingerprint density at radius 3 is 2.85 bits per heavy atom. The molecule has 0 aliphatic rings. The van der Waals surface area contributed by atoms with Crippen LogP contribution < -0.4 is 0 Å². The Hall–Kier alpha value is -0.0800. The van der Waals surface area contributed by atoms with E-state index in [1.807, 2.05) is 13.0 Å². The van der Waals surface area contributed by atoms with Crippen LogP contribution in [0.25, 0.3) is 0 Å². The van der Waals surface area contributed by atoms with E-state index in [1.165, 1.54) is 0 Å². The van der Waals surface area contributed by atoms with Crippen LogP contribution in [0.15, 0.2) is 22.7 Å². The number of benzene rings is 1. The van der Waals surface area contributed by atoms with E-state index < -0.39 is 0 Å². The smallest absolute Gasteiger partial charge is 0.140 e. The van der Waals surface area contributed by atoms with Crippen LogP contribution in [0.2, 0.25) is 0 Å². The Morgan fingerprint density at radius 1 is 1.54 bits per heavy atom. The Bertz CT molecular complexity index is 288. The molecule has 0 saturated carbocycles. The van der Waals surface area contributed by atoms with Gasteiger partial charge in [0.1, 0.15) is 5.82 Å². The highest BCUT2D eigenvalue weighted by Crippen LogP contribution is 2.21. The first kappa shape index (κ1) is 11.0. The summed E-state index contributed by atoms with van der Waals surface area (Å²) in [5, 5.41) is 0. The van der Waals surface area contributed by atoms with E-state index in [-0.39, 0.29) is 5.82 Å². The highest BCUT2D eigenvalue weighted by molar-refractivity contribution is 9.10. The molecule has 0 radical (unpaired) electrons. The molecule has 1 unspecified atom stereocenters. The molecule has 0 aliphatic carbocycles. The van der Waals surface area contributed by atoms with E-state index >= 15 is 0 Å². The van der Waals surface area contributed by atoms with Crippen LogP contribution in [0.1, 0.15) is 12.5 Å².